The van der Waals surface area contributed by atoms with Gasteiger partial charge in [0, 0.05) is 13.5 Å². The van der Waals surface area contributed by atoms with E-state index in [2.05, 4.69) is 5.32 Å². The number of hydrogen-bond donors (Lipinski definition) is 4. The Bertz CT molecular complexity index is 331. The van der Waals surface area contributed by atoms with Gasteiger partial charge in [-0.15, -0.1) is 0 Å². The minimum Gasteiger partial charge on any atom is -0.370 e. The number of nitrogens with zero attached hydrogens (tertiary/aromatic N) is 1. The van der Waals surface area contributed by atoms with Crippen LogP contribution in [0.1, 0.15) is 19.8 Å². The van der Waals surface area contributed by atoms with E-state index < -0.39 is 24.4 Å². The second kappa shape index (κ2) is 8.18. The van der Waals surface area contributed by atoms with Gasteiger partial charge in [-0.1, -0.05) is 0 Å². The van der Waals surface area contributed by atoms with Crippen LogP contribution in [0.25, 0.3) is 0 Å². The summed E-state index contributed by atoms with van der Waals surface area (Å²) >= 11 is 0. The predicted molar refractivity (Wildman–Crippen MR) is 65.2 cm³/mol. The van der Waals surface area contributed by atoms with Gasteiger partial charge in [0.05, 0.1) is 12.6 Å². The molecule has 0 aliphatic heterocycles. The summed E-state index contributed by atoms with van der Waals surface area (Å²) in [6.07, 6.45) is 2.33. The van der Waals surface area contributed by atoms with E-state index in [4.69, 9.17) is 16.9 Å². The third-order valence-corrected chi connectivity index (χ3v) is 2.19. The second-order valence-electron chi connectivity index (χ2n) is 3.68. The molecule has 2 amide bonds. The van der Waals surface area contributed by atoms with Crippen LogP contribution in [-0.2, 0) is 14.4 Å². The molecule has 6 N–H and O–H groups in total. The first-order valence-corrected chi connectivity index (χ1v) is 5.40. The highest BCUT2D eigenvalue weighted by atomic mass is 16.2. The highest BCUT2D eigenvalue weighted by Gasteiger charge is 2.23. The summed E-state index contributed by atoms with van der Waals surface area (Å²) < 4.78 is 0. The van der Waals surface area contributed by atoms with Gasteiger partial charge in [0.2, 0.25) is 18.1 Å². The largest absolute Gasteiger partial charge is 0.370 e. The molecule has 8 nitrogen and oxygen atoms in total. The highest BCUT2D eigenvalue weighted by molar-refractivity contribution is 5.98. The lowest BCUT2D eigenvalue weighted by atomic mass is 10.1. The van der Waals surface area contributed by atoms with Gasteiger partial charge < -0.3 is 16.8 Å². The fourth-order valence-electron chi connectivity index (χ4n) is 1.28. The lowest BCUT2D eigenvalue weighted by molar-refractivity contribution is -0.143. The molecule has 101 valence electrons. The molecule has 0 fully saturated rings. The average molecular weight is 256 g/mol. The summed E-state index contributed by atoms with van der Waals surface area (Å²) in [5.74, 6) is -1.30. The van der Waals surface area contributed by atoms with E-state index in [1.54, 1.807) is 0 Å². The molecule has 0 spiro atoms. The molecule has 1 radical (unpaired) electrons. The van der Waals surface area contributed by atoms with Crippen LogP contribution < -0.4 is 16.8 Å². The first-order valence-electron chi connectivity index (χ1n) is 5.40. The topological polar surface area (TPSA) is 142 Å². The third kappa shape index (κ3) is 5.94. The number of carbonyl (C=O) groups excluding carboxylic acids is 3. The van der Waals surface area contributed by atoms with E-state index in [0.717, 1.165) is 4.90 Å². The maximum Gasteiger partial charge on any atom is 0.246 e. The zero-order valence-corrected chi connectivity index (χ0v) is 10.2. The molecule has 0 heterocycles. The first-order chi connectivity index (χ1) is 8.40. The van der Waals surface area contributed by atoms with Crippen molar-refractivity contribution in [3.63, 3.8) is 0 Å². The number of hydrogen-bond acceptors (Lipinski definition) is 5. The summed E-state index contributed by atoms with van der Waals surface area (Å²) in [5.41, 5.74) is 10.7. The van der Waals surface area contributed by atoms with Crippen LogP contribution >= 0.6 is 0 Å². The highest BCUT2D eigenvalue weighted by Crippen LogP contribution is 2.00. The van der Waals surface area contributed by atoms with Gasteiger partial charge in [-0.2, -0.15) is 0 Å². The number of nitrogens with one attached hydrogen (secondary N) is 2. The Hall–Kier alpha value is -1.96. The monoisotopic (exact) mass is 256 g/mol. The van der Waals surface area contributed by atoms with Crippen LogP contribution in [0.3, 0.4) is 0 Å². The maximum absolute atomic E-state index is 11.7. The van der Waals surface area contributed by atoms with E-state index in [-0.39, 0.29) is 5.96 Å². The zero-order valence-electron chi connectivity index (χ0n) is 10.2. The van der Waals surface area contributed by atoms with Crippen molar-refractivity contribution < 1.29 is 14.4 Å². The number of rotatable bonds is 7. The Morgan fingerprint density at radius 3 is 2.56 bits per heavy atom. The van der Waals surface area contributed by atoms with Crippen molar-refractivity contribution in [3.05, 3.63) is 0 Å². The van der Waals surface area contributed by atoms with Crippen LogP contribution in [0.15, 0.2) is 0 Å². The molecule has 0 aromatic carbocycles. The number of guanidine groups is 1. The summed E-state index contributed by atoms with van der Waals surface area (Å²) in [6, 6.07) is -0.865. The molecular weight excluding hydrogens is 238 g/mol. The normalized spacial score (nSPS) is 11.4. The molecule has 0 saturated heterocycles. The van der Waals surface area contributed by atoms with Gasteiger partial charge in [-0.05, 0) is 12.8 Å². The van der Waals surface area contributed by atoms with Crippen molar-refractivity contribution in [2.45, 2.75) is 25.8 Å². The van der Waals surface area contributed by atoms with Gasteiger partial charge in [0.25, 0.3) is 0 Å². The van der Waals surface area contributed by atoms with Gasteiger partial charge in [-0.25, -0.2) is 0 Å². The minimum absolute atomic E-state index is 0.157. The SMILES string of the molecule is CC(=O)N(C[C]=O)C(=O)[C@H](N)CCCNC(=N)N. The van der Waals surface area contributed by atoms with Gasteiger partial charge in [0.1, 0.15) is 0 Å². The predicted octanol–water partition coefficient (Wildman–Crippen LogP) is -1.94. The zero-order chi connectivity index (χ0) is 14.1. The summed E-state index contributed by atoms with van der Waals surface area (Å²) in [6.45, 7) is 1.18. The Morgan fingerprint density at radius 2 is 2.11 bits per heavy atom. The quantitative estimate of drug-likeness (QED) is 0.237. The Morgan fingerprint density at radius 1 is 1.50 bits per heavy atom. The number of carbonyl (C=O) groups is 2. The lowest BCUT2D eigenvalue weighted by Gasteiger charge is -2.20. The van der Waals surface area contributed by atoms with Crippen molar-refractivity contribution in [3.8, 4) is 0 Å². The van der Waals surface area contributed by atoms with Crippen molar-refractivity contribution >= 4 is 24.1 Å². The molecular formula is C10H18N5O3. The molecule has 1 atom stereocenters. The summed E-state index contributed by atoms with van der Waals surface area (Å²) in [7, 11) is 0. The molecule has 0 saturated carbocycles. The summed E-state index contributed by atoms with van der Waals surface area (Å²) in [5, 5.41) is 9.48. The van der Waals surface area contributed by atoms with E-state index in [1.165, 1.54) is 13.2 Å². The van der Waals surface area contributed by atoms with E-state index in [9.17, 15) is 14.4 Å². The minimum atomic E-state index is -0.865. The van der Waals surface area contributed by atoms with Crippen LogP contribution in [0.5, 0.6) is 0 Å². The van der Waals surface area contributed by atoms with Gasteiger partial charge >= 0.3 is 0 Å². The molecule has 8 heteroatoms. The van der Waals surface area contributed by atoms with Crippen LogP contribution in [0.2, 0.25) is 0 Å². The lowest BCUT2D eigenvalue weighted by Crippen LogP contribution is -2.47. The maximum atomic E-state index is 11.7. The molecule has 0 aliphatic carbocycles. The Labute approximate surface area is 105 Å². The average Bonchev–Trinajstić information content (AvgIpc) is 2.29. The molecule has 0 aromatic heterocycles. The Balaban J connectivity index is 4.18. The van der Waals surface area contributed by atoms with Crippen molar-refractivity contribution in [2.24, 2.45) is 11.5 Å². The molecule has 0 rings (SSSR count). The van der Waals surface area contributed by atoms with E-state index >= 15 is 0 Å². The van der Waals surface area contributed by atoms with Crippen molar-refractivity contribution in [1.29, 1.82) is 5.41 Å². The van der Waals surface area contributed by atoms with E-state index in [1.807, 2.05) is 0 Å². The van der Waals surface area contributed by atoms with Gasteiger partial charge in [-0.3, -0.25) is 24.7 Å². The molecule has 0 bridgehead atoms. The fraction of sp³-hybridized carbons (Fsp3) is 0.600. The second-order valence-corrected chi connectivity index (χ2v) is 3.68. The summed E-state index contributed by atoms with van der Waals surface area (Å²) in [4.78, 5) is 33.8. The fourth-order valence-corrected chi connectivity index (χ4v) is 1.28. The number of imide groups is 1. The number of amides is 2. The van der Waals surface area contributed by atoms with Crippen LogP contribution in [0, 0.1) is 5.41 Å². The Kier molecular flexibility index (Phi) is 7.29. The standard InChI is InChI=1S/C10H18N5O3/c1-7(17)15(5-6-16)9(18)8(11)3-2-4-14-10(12)13/h8H,2-5,11H2,1H3,(H4,12,13,14)/t8-/m1/s1. The van der Waals surface area contributed by atoms with E-state index in [0.29, 0.717) is 19.4 Å². The van der Waals surface area contributed by atoms with Crippen molar-refractivity contribution in [1.82, 2.24) is 10.2 Å². The van der Waals surface area contributed by atoms with Gasteiger partial charge in [0.15, 0.2) is 5.96 Å². The molecule has 0 aromatic rings. The molecule has 18 heavy (non-hydrogen) atoms. The van der Waals surface area contributed by atoms with Crippen LogP contribution in [0.4, 0.5) is 0 Å². The first kappa shape index (κ1) is 16.0. The number of nitrogens with two attached hydrogens (primary N) is 2. The molecule has 0 aliphatic rings. The van der Waals surface area contributed by atoms with Crippen LogP contribution in [-0.4, -0.2) is 48.1 Å². The third-order valence-electron chi connectivity index (χ3n) is 2.19. The molecule has 0 unspecified atom stereocenters. The van der Waals surface area contributed by atoms with Crippen molar-refractivity contribution in [2.75, 3.05) is 13.1 Å². The smallest absolute Gasteiger partial charge is 0.246 e.